The topological polar surface area (TPSA) is 58.5 Å². The Kier molecular flexibility index (Phi) is 9.89. The minimum absolute atomic E-state index is 0.496. The molecule has 2 N–H and O–H groups in total. The second-order valence-electron chi connectivity index (χ2n) is 6.51. The molecule has 0 bridgehead atoms. The van der Waals surface area contributed by atoms with Crippen molar-refractivity contribution >= 4 is 17.3 Å². The number of ether oxygens (including phenoxy) is 1. The van der Waals surface area contributed by atoms with Gasteiger partial charge in [0.15, 0.2) is 5.96 Å². The molecule has 0 spiro atoms. The number of rotatable bonds is 10. The Balaban J connectivity index is 1.61. The zero-order chi connectivity index (χ0) is 17.7. The molecule has 1 aromatic heterocycles. The van der Waals surface area contributed by atoms with E-state index in [0.29, 0.717) is 6.10 Å². The molecule has 25 heavy (non-hydrogen) atoms. The molecule has 0 atom stereocenters. The summed E-state index contributed by atoms with van der Waals surface area (Å²) in [4.78, 5) is 9.25. The highest BCUT2D eigenvalue weighted by Gasteiger charge is 2.12. The Hall–Kier alpha value is -1.14. The maximum atomic E-state index is 5.96. The first-order chi connectivity index (χ1) is 12.3. The van der Waals surface area contributed by atoms with E-state index in [1.54, 1.807) is 11.3 Å². The molecule has 1 aliphatic rings. The van der Waals surface area contributed by atoms with E-state index in [-0.39, 0.29) is 0 Å². The van der Waals surface area contributed by atoms with E-state index in [4.69, 9.17) is 4.74 Å². The van der Waals surface area contributed by atoms with Crippen LogP contribution in [0.15, 0.2) is 10.4 Å². The molecule has 1 saturated carbocycles. The Morgan fingerprint density at radius 1 is 1.28 bits per heavy atom. The fourth-order valence-corrected chi connectivity index (χ4v) is 3.79. The Morgan fingerprint density at radius 2 is 2.12 bits per heavy atom. The van der Waals surface area contributed by atoms with E-state index < -0.39 is 0 Å². The van der Waals surface area contributed by atoms with Gasteiger partial charge in [0.2, 0.25) is 0 Å². The molecule has 142 valence electrons. The van der Waals surface area contributed by atoms with Crippen LogP contribution < -0.4 is 10.6 Å². The van der Waals surface area contributed by atoms with Gasteiger partial charge in [0.25, 0.3) is 0 Å². The molecule has 5 nitrogen and oxygen atoms in total. The predicted octanol–water partition coefficient (Wildman–Crippen LogP) is 3.54. The van der Waals surface area contributed by atoms with Crippen LogP contribution in [0.4, 0.5) is 0 Å². The van der Waals surface area contributed by atoms with Gasteiger partial charge in [-0.1, -0.05) is 26.2 Å². The number of thiazole rings is 1. The zero-order valence-corrected chi connectivity index (χ0v) is 16.7. The van der Waals surface area contributed by atoms with Gasteiger partial charge >= 0.3 is 0 Å². The second-order valence-corrected chi connectivity index (χ2v) is 7.45. The van der Waals surface area contributed by atoms with Crippen molar-refractivity contribution in [2.75, 3.05) is 26.2 Å². The molecule has 1 fully saturated rings. The van der Waals surface area contributed by atoms with Gasteiger partial charge in [-0.3, -0.25) is 4.99 Å². The molecule has 1 aliphatic carbocycles. The van der Waals surface area contributed by atoms with Crippen LogP contribution in [0.25, 0.3) is 0 Å². The van der Waals surface area contributed by atoms with Crippen molar-refractivity contribution in [3.05, 3.63) is 16.1 Å². The average molecular weight is 367 g/mol. The summed E-state index contributed by atoms with van der Waals surface area (Å²) in [5.74, 6) is 0.895. The van der Waals surface area contributed by atoms with E-state index in [2.05, 4.69) is 39.8 Å². The van der Waals surface area contributed by atoms with Gasteiger partial charge in [0.1, 0.15) is 0 Å². The second kappa shape index (κ2) is 12.3. The molecular formula is C19H34N4OS. The summed E-state index contributed by atoms with van der Waals surface area (Å²) in [5, 5.41) is 10.1. The lowest BCUT2D eigenvalue weighted by atomic mass is 9.98. The fraction of sp³-hybridized carbons (Fsp3) is 0.789. The third kappa shape index (κ3) is 8.19. The average Bonchev–Trinajstić information content (AvgIpc) is 3.10. The molecule has 0 aromatic carbocycles. The molecule has 1 heterocycles. The number of aliphatic imine (C=N–C) groups is 1. The Labute approximate surface area is 156 Å². The number of hydrogen-bond acceptors (Lipinski definition) is 4. The molecule has 0 amide bonds. The molecule has 0 saturated heterocycles. The minimum atomic E-state index is 0.496. The first-order valence-electron chi connectivity index (χ1n) is 9.88. The first-order valence-corrected chi connectivity index (χ1v) is 10.8. The Morgan fingerprint density at radius 3 is 2.84 bits per heavy atom. The van der Waals surface area contributed by atoms with E-state index in [0.717, 1.165) is 51.5 Å². The molecule has 0 aliphatic heterocycles. The highest BCUT2D eigenvalue weighted by Crippen LogP contribution is 2.20. The van der Waals surface area contributed by atoms with Crippen LogP contribution in [0.1, 0.15) is 63.1 Å². The van der Waals surface area contributed by atoms with Gasteiger partial charge in [-0.05, 0) is 32.6 Å². The maximum Gasteiger partial charge on any atom is 0.191 e. The largest absolute Gasteiger partial charge is 0.378 e. The SMILES string of the molecule is CCNC(=NCCCOC1CCCCC1)NCCc1csc(CC)n1. The lowest BCUT2D eigenvalue weighted by Crippen LogP contribution is -2.38. The van der Waals surface area contributed by atoms with E-state index in [9.17, 15) is 0 Å². The summed E-state index contributed by atoms with van der Waals surface area (Å²) in [6.07, 6.45) is 9.95. The molecule has 0 unspecified atom stereocenters. The Bertz CT molecular complexity index is 497. The molecule has 2 rings (SSSR count). The lowest BCUT2D eigenvalue weighted by molar-refractivity contribution is 0.0281. The molecule has 1 aromatic rings. The number of hydrogen-bond donors (Lipinski definition) is 2. The van der Waals surface area contributed by atoms with Gasteiger partial charge in [0.05, 0.1) is 16.8 Å². The zero-order valence-electron chi connectivity index (χ0n) is 15.9. The van der Waals surface area contributed by atoms with Crippen LogP contribution in [-0.4, -0.2) is 43.3 Å². The third-order valence-corrected chi connectivity index (χ3v) is 5.44. The summed E-state index contributed by atoms with van der Waals surface area (Å²) in [7, 11) is 0. The molecular weight excluding hydrogens is 332 g/mol. The third-order valence-electron chi connectivity index (χ3n) is 4.40. The van der Waals surface area contributed by atoms with Crippen molar-refractivity contribution < 1.29 is 4.74 Å². The highest BCUT2D eigenvalue weighted by molar-refractivity contribution is 7.09. The van der Waals surface area contributed by atoms with Crippen molar-refractivity contribution in [3.8, 4) is 0 Å². The van der Waals surface area contributed by atoms with Gasteiger partial charge < -0.3 is 15.4 Å². The standard InChI is InChI=1S/C19H34N4OS/c1-3-18-23-16(15-25-18)11-13-22-19(20-4-2)21-12-8-14-24-17-9-6-5-7-10-17/h15,17H,3-14H2,1-2H3,(H2,20,21,22). The van der Waals surface area contributed by atoms with Gasteiger partial charge in [-0.25, -0.2) is 4.98 Å². The smallest absolute Gasteiger partial charge is 0.191 e. The quantitative estimate of drug-likeness (QED) is 0.378. The highest BCUT2D eigenvalue weighted by atomic mass is 32.1. The van der Waals surface area contributed by atoms with E-state index in [1.165, 1.54) is 42.8 Å². The van der Waals surface area contributed by atoms with Crippen molar-refractivity contribution in [1.82, 2.24) is 15.6 Å². The van der Waals surface area contributed by atoms with Crippen LogP contribution in [0.3, 0.4) is 0 Å². The fourth-order valence-electron chi connectivity index (χ4n) is 3.01. The summed E-state index contributed by atoms with van der Waals surface area (Å²) in [6, 6.07) is 0. The van der Waals surface area contributed by atoms with Crippen LogP contribution in [0.5, 0.6) is 0 Å². The summed E-state index contributed by atoms with van der Waals surface area (Å²) in [6.45, 7) is 7.61. The van der Waals surface area contributed by atoms with E-state index in [1.807, 2.05) is 0 Å². The minimum Gasteiger partial charge on any atom is -0.378 e. The number of nitrogens with zero attached hydrogens (tertiary/aromatic N) is 2. The van der Waals surface area contributed by atoms with Gasteiger partial charge in [-0.15, -0.1) is 11.3 Å². The molecule has 6 heteroatoms. The number of nitrogens with one attached hydrogen (secondary N) is 2. The van der Waals surface area contributed by atoms with Crippen LogP contribution >= 0.6 is 11.3 Å². The maximum absolute atomic E-state index is 5.96. The van der Waals surface area contributed by atoms with Gasteiger partial charge in [-0.2, -0.15) is 0 Å². The van der Waals surface area contributed by atoms with Crippen LogP contribution in [-0.2, 0) is 17.6 Å². The summed E-state index contributed by atoms with van der Waals surface area (Å²) >= 11 is 1.75. The number of aryl methyl sites for hydroxylation is 1. The van der Waals surface area contributed by atoms with Crippen molar-refractivity contribution in [2.24, 2.45) is 4.99 Å². The van der Waals surface area contributed by atoms with Crippen molar-refractivity contribution in [2.45, 2.75) is 71.3 Å². The number of guanidine groups is 1. The summed E-state index contributed by atoms with van der Waals surface area (Å²) in [5.41, 5.74) is 1.17. The predicted molar refractivity (Wildman–Crippen MR) is 107 cm³/mol. The van der Waals surface area contributed by atoms with Crippen molar-refractivity contribution in [3.63, 3.8) is 0 Å². The monoisotopic (exact) mass is 366 g/mol. The lowest BCUT2D eigenvalue weighted by Gasteiger charge is -2.21. The van der Waals surface area contributed by atoms with Crippen molar-refractivity contribution in [1.29, 1.82) is 0 Å². The number of aromatic nitrogens is 1. The van der Waals surface area contributed by atoms with Crippen LogP contribution in [0.2, 0.25) is 0 Å². The summed E-state index contributed by atoms with van der Waals surface area (Å²) < 4.78 is 5.96. The van der Waals surface area contributed by atoms with Gasteiger partial charge in [0, 0.05) is 38.0 Å². The van der Waals surface area contributed by atoms with E-state index >= 15 is 0 Å². The first kappa shape index (κ1) is 20.2. The van der Waals surface area contributed by atoms with Crippen LogP contribution in [0, 0.1) is 0 Å². The molecule has 0 radical (unpaired) electrons. The normalized spacial score (nSPS) is 16.2.